The molecule has 0 aliphatic carbocycles. The number of halogens is 1. The molecule has 3 heterocycles. The van der Waals surface area contributed by atoms with E-state index in [2.05, 4.69) is 42.3 Å². The van der Waals surface area contributed by atoms with E-state index in [1.165, 1.54) is 12.8 Å². The Morgan fingerprint density at radius 3 is 3.11 bits per heavy atom. The molecule has 1 aliphatic heterocycles. The summed E-state index contributed by atoms with van der Waals surface area (Å²) in [6.45, 7) is 3.30. The SMILES string of the molecule is CC(Br)CC1CCCN1c1nccc2c1ncn2C. The van der Waals surface area contributed by atoms with E-state index in [1.807, 2.05) is 25.6 Å². The van der Waals surface area contributed by atoms with Crippen LogP contribution in [-0.4, -0.2) is 31.9 Å². The first kappa shape index (κ1) is 12.9. The number of rotatable bonds is 3. The average molecular weight is 323 g/mol. The minimum absolute atomic E-state index is 0.543. The molecule has 2 aromatic rings. The number of hydrogen-bond donors (Lipinski definition) is 0. The molecule has 1 fully saturated rings. The number of aryl methyl sites for hydroxylation is 1. The number of nitrogens with zero attached hydrogens (tertiary/aromatic N) is 4. The van der Waals surface area contributed by atoms with Crippen LogP contribution in [-0.2, 0) is 7.05 Å². The zero-order valence-corrected chi connectivity index (χ0v) is 13.0. The number of pyridine rings is 1. The summed E-state index contributed by atoms with van der Waals surface area (Å²) in [5.74, 6) is 1.05. The Labute approximate surface area is 122 Å². The maximum Gasteiger partial charge on any atom is 0.156 e. The molecular formula is C14H19BrN4. The van der Waals surface area contributed by atoms with Crippen molar-refractivity contribution >= 4 is 32.8 Å². The number of aromatic nitrogens is 3. The average Bonchev–Trinajstić information content (AvgIpc) is 2.96. The van der Waals surface area contributed by atoms with Crippen LogP contribution in [0.15, 0.2) is 18.6 Å². The molecule has 3 rings (SSSR count). The van der Waals surface area contributed by atoms with Crippen LogP contribution in [0.3, 0.4) is 0 Å². The highest BCUT2D eigenvalue weighted by Crippen LogP contribution is 2.31. The van der Waals surface area contributed by atoms with Gasteiger partial charge in [0.1, 0.15) is 5.52 Å². The first-order chi connectivity index (χ1) is 9.16. The number of anilines is 1. The highest BCUT2D eigenvalue weighted by Gasteiger charge is 2.28. The standard InChI is InChI=1S/C14H19BrN4/c1-10(15)8-11-4-3-7-19(11)14-13-12(5-6-16-14)18(2)9-17-13/h5-6,9-11H,3-4,7-8H2,1-2H3. The number of imidazole rings is 1. The van der Waals surface area contributed by atoms with Crippen molar-refractivity contribution in [2.75, 3.05) is 11.4 Å². The fraction of sp³-hybridized carbons (Fsp3) is 0.571. The Balaban J connectivity index is 1.99. The van der Waals surface area contributed by atoms with Gasteiger partial charge < -0.3 is 9.47 Å². The lowest BCUT2D eigenvalue weighted by Crippen LogP contribution is -2.31. The van der Waals surface area contributed by atoms with Crippen LogP contribution in [0.25, 0.3) is 11.0 Å². The van der Waals surface area contributed by atoms with E-state index in [9.17, 15) is 0 Å². The van der Waals surface area contributed by atoms with Gasteiger partial charge in [0, 0.05) is 30.7 Å². The molecule has 0 radical (unpaired) electrons. The van der Waals surface area contributed by atoms with Gasteiger partial charge in [0.2, 0.25) is 0 Å². The van der Waals surface area contributed by atoms with Crippen LogP contribution < -0.4 is 4.90 Å². The molecule has 1 saturated heterocycles. The zero-order chi connectivity index (χ0) is 13.4. The molecule has 0 spiro atoms. The quantitative estimate of drug-likeness (QED) is 0.814. The predicted octanol–water partition coefficient (Wildman–Crippen LogP) is 3.11. The van der Waals surface area contributed by atoms with E-state index >= 15 is 0 Å². The monoisotopic (exact) mass is 322 g/mol. The highest BCUT2D eigenvalue weighted by molar-refractivity contribution is 9.09. The van der Waals surface area contributed by atoms with Crippen LogP contribution in [0.5, 0.6) is 0 Å². The van der Waals surface area contributed by atoms with Gasteiger partial charge in [-0.15, -0.1) is 0 Å². The smallest absolute Gasteiger partial charge is 0.156 e. The van der Waals surface area contributed by atoms with Gasteiger partial charge in [0.15, 0.2) is 5.82 Å². The molecule has 102 valence electrons. The lowest BCUT2D eigenvalue weighted by atomic mass is 10.1. The Morgan fingerprint density at radius 1 is 1.47 bits per heavy atom. The Kier molecular flexibility index (Phi) is 3.48. The lowest BCUT2D eigenvalue weighted by molar-refractivity contribution is 0.609. The molecule has 0 N–H and O–H groups in total. The second-order valence-electron chi connectivity index (χ2n) is 5.36. The van der Waals surface area contributed by atoms with E-state index in [0.717, 1.165) is 29.8 Å². The van der Waals surface area contributed by atoms with Crippen LogP contribution in [0, 0.1) is 0 Å². The predicted molar refractivity (Wildman–Crippen MR) is 81.9 cm³/mol. The molecule has 0 aromatic carbocycles. The largest absolute Gasteiger partial charge is 0.352 e. The third kappa shape index (κ3) is 2.36. The molecular weight excluding hydrogens is 304 g/mol. The van der Waals surface area contributed by atoms with Crippen LogP contribution in [0.2, 0.25) is 0 Å². The summed E-state index contributed by atoms with van der Waals surface area (Å²) < 4.78 is 2.05. The summed E-state index contributed by atoms with van der Waals surface area (Å²) in [5.41, 5.74) is 2.18. The maximum absolute atomic E-state index is 4.59. The summed E-state index contributed by atoms with van der Waals surface area (Å²) in [6, 6.07) is 2.61. The van der Waals surface area contributed by atoms with Gasteiger partial charge in [-0.1, -0.05) is 22.9 Å². The summed E-state index contributed by atoms with van der Waals surface area (Å²) in [4.78, 5) is 12.1. The van der Waals surface area contributed by atoms with Crippen molar-refractivity contribution in [3.63, 3.8) is 0 Å². The van der Waals surface area contributed by atoms with Crippen LogP contribution >= 0.6 is 15.9 Å². The van der Waals surface area contributed by atoms with Gasteiger partial charge in [-0.2, -0.15) is 0 Å². The number of fused-ring (bicyclic) bond motifs is 1. The molecule has 0 bridgehead atoms. The number of hydrogen-bond acceptors (Lipinski definition) is 3. The molecule has 19 heavy (non-hydrogen) atoms. The normalized spacial score (nSPS) is 21.2. The Bertz CT molecular complexity index is 578. The minimum Gasteiger partial charge on any atom is -0.352 e. The van der Waals surface area contributed by atoms with Crippen molar-refractivity contribution < 1.29 is 0 Å². The molecule has 2 aromatic heterocycles. The fourth-order valence-electron chi connectivity index (χ4n) is 2.99. The summed E-state index contributed by atoms with van der Waals surface area (Å²) >= 11 is 3.67. The van der Waals surface area contributed by atoms with Gasteiger partial charge in [-0.05, 0) is 25.3 Å². The van der Waals surface area contributed by atoms with E-state index in [0.29, 0.717) is 10.9 Å². The fourth-order valence-corrected chi connectivity index (χ4v) is 3.42. The van der Waals surface area contributed by atoms with Crippen LogP contribution in [0.4, 0.5) is 5.82 Å². The van der Waals surface area contributed by atoms with E-state index < -0.39 is 0 Å². The maximum atomic E-state index is 4.59. The van der Waals surface area contributed by atoms with Gasteiger partial charge in [0.05, 0.1) is 11.8 Å². The van der Waals surface area contributed by atoms with Gasteiger partial charge >= 0.3 is 0 Å². The first-order valence-corrected chi connectivity index (χ1v) is 7.75. The molecule has 1 aliphatic rings. The molecule has 0 amide bonds. The highest BCUT2D eigenvalue weighted by atomic mass is 79.9. The summed E-state index contributed by atoms with van der Waals surface area (Å²) in [6.07, 6.45) is 7.42. The van der Waals surface area contributed by atoms with Crippen molar-refractivity contribution in [2.45, 2.75) is 37.1 Å². The van der Waals surface area contributed by atoms with Crippen LogP contribution in [0.1, 0.15) is 26.2 Å². The summed E-state index contributed by atoms with van der Waals surface area (Å²) in [5, 5.41) is 0. The topological polar surface area (TPSA) is 34.0 Å². The van der Waals surface area contributed by atoms with Crippen molar-refractivity contribution in [1.29, 1.82) is 0 Å². The first-order valence-electron chi connectivity index (χ1n) is 6.83. The second kappa shape index (κ2) is 5.12. The molecule has 4 nitrogen and oxygen atoms in total. The van der Waals surface area contributed by atoms with Crippen molar-refractivity contribution in [2.24, 2.45) is 7.05 Å². The molecule has 5 heteroatoms. The van der Waals surface area contributed by atoms with E-state index in [1.54, 1.807) is 0 Å². The van der Waals surface area contributed by atoms with E-state index in [-0.39, 0.29) is 0 Å². The van der Waals surface area contributed by atoms with Gasteiger partial charge in [-0.3, -0.25) is 0 Å². The Hall–Kier alpha value is -1.10. The molecule has 2 unspecified atom stereocenters. The van der Waals surface area contributed by atoms with Crippen molar-refractivity contribution in [1.82, 2.24) is 14.5 Å². The lowest BCUT2D eigenvalue weighted by Gasteiger charge is -2.26. The van der Waals surface area contributed by atoms with Crippen molar-refractivity contribution in [3.05, 3.63) is 18.6 Å². The van der Waals surface area contributed by atoms with Crippen molar-refractivity contribution in [3.8, 4) is 0 Å². The van der Waals surface area contributed by atoms with Gasteiger partial charge in [-0.25, -0.2) is 9.97 Å². The van der Waals surface area contributed by atoms with Gasteiger partial charge in [0.25, 0.3) is 0 Å². The second-order valence-corrected chi connectivity index (χ2v) is 6.93. The Morgan fingerprint density at radius 2 is 2.32 bits per heavy atom. The molecule has 2 atom stereocenters. The molecule has 0 saturated carbocycles. The van der Waals surface area contributed by atoms with E-state index in [4.69, 9.17) is 0 Å². The summed E-state index contributed by atoms with van der Waals surface area (Å²) in [7, 11) is 2.03. The minimum atomic E-state index is 0.543. The number of alkyl halides is 1. The zero-order valence-electron chi connectivity index (χ0n) is 11.4. The third-order valence-electron chi connectivity index (χ3n) is 3.87. The third-order valence-corrected chi connectivity index (χ3v) is 4.24.